The van der Waals surface area contributed by atoms with Gasteiger partial charge in [-0.25, -0.2) is 0 Å². The Morgan fingerprint density at radius 3 is 2.72 bits per heavy atom. The summed E-state index contributed by atoms with van der Waals surface area (Å²) in [5.74, 6) is -1.27. The van der Waals surface area contributed by atoms with Crippen LogP contribution in [0.3, 0.4) is 0 Å². The average Bonchev–Trinajstić information content (AvgIpc) is 3.31. The summed E-state index contributed by atoms with van der Waals surface area (Å²) in [5, 5.41) is 13.5. The Bertz CT molecular complexity index is 1210. The van der Waals surface area contributed by atoms with Crippen molar-refractivity contribution in [1.82, 2.24) is 9.88 Å². The fraction of sp³-hybridized carbons (Fsp3) is 0.208. The molecule has 0 spiro atoms. The molecule has 4 rings (SSSR count). The third-order valence-electron chi connectivity index (χ3n) is 5.25. The molecule has 1 fully saturated rings. The lowest BCUT2D eigenvalue weighted by molar-refractivity contribution is -0.140. The number of carbonyl (C=O) groups excluding carboxylic acids is 2. The number of likely N-dealkylation sites (tertiary alicyclic amines) is 1. The highest BCUT2D eigenvalue weighted by Crippen LogP contribution is 2.43. The van der Waals surface area contributed by atoms with Gasteiger partial charge < -0.3 is 14.7 Å². The van der Waals surface area contributed by atoms with Crippen molar-refractivity contribution in [3.05, 3.63) is 86.3 Å². The van der Waals surface area contributed by atoms with Crippen LogP contribution in [0.2, 0.25) is 5.02 Å². The van der Waals surface area contributed by atoms with Crippen molar-refractivity contribution in [2.75, 3.05) is 6.61 Å². The summed E-state index contributed by atoms with van der Waals surface area (Å²) in [6, 6.07) is 11.4. The highest BCUT2D eigenvalue weighted by Gasteiger charge is 2.47. The van der Waals surface area contributed by atoms with Gasteiger partial charge in [0.1, 0.15) is 17.6 Å². The van der Waals surface area contributed by atoms with Crippen LogP contribution >= 0.6 is 22.9 Å². The number of aliphatic hydroxyl groups is 1. The highest BCUT2D eigenvalue weighted by molar-refractivity contribution is 7.10. The number of Topliss-reactive ketones (excluding diaryl/α,β-unsaturated/α-hetero) is 1. The molecule has 1 aliphatic heterocycles. The summed E-state index contributed by atoms with van der Waals surface area (Å²) in [5.41, 5.74) is 1.98. The lowest BCUT2D eigenvalue weighted by Gasteiger charge is -2.24. The number of amides is 1. The molecule has 164 valence electrons. The van der Waals surface area contributed by atoms with Crippen molar-refractivity contribution in [1.29, 1.82) is 0 Å². The Morgan fingerprint density at radius 1 is 1.25 bits per heavy atom. The zero-order chi connectivity index (χ0) is 22.8. The molecule has 1 atom stereocenters. The number of hydrogen-bond donors (Lipinski definition) is 1. The number of aryl methyl sites for hydroxylation is 1. The summed E-state index contributed by atoms with van der Waals surface area (Å²) in [6.45, 7) is 4.29. The summed E-state index contributed by atoms with van der Waals surface area (Å²) < 4.78 is 5.52. The summed E-state index contributed by atoms with van der Waals surface area (Å²) in [4.78, 5) is 32.8. The first-order valence-corrected chi connectivity index (χ1v) is 11.3. The van der Waals surface area contributed by atoms with Gasteiger partial charge in [-0.1, -0.05) is 17.7 Å². The molecule has 0 saturated carbocycles. The number of ether oxygens (including phenoxy) is 1. The molecule has 6 nitrogen and oxygen atoms in total. The molecule has 8 heteroatoms. The third kappa shape index (κ3) is 4.01. The maximum Gasteiger partial charge on any atom is 0.296 e. The molecule has 1 saturated heterocycles. The van der Waals surface area contributed by atoms with Gasteiger partial charge in [0, 0.05) is 16.6 Å². The van der Waals surface area contributed by atoms with Crippen molar-refractivity contribution in [2.45, 2.75) is 26.4 Å². The number of halogens is 1. The van der Waals surface area contributed by atoms with Crippen LogP contribution in [0.4, 0.5) is 0 Å². The molecule has 0 radical (unpaired) electrons. The van der Waals surface area contributed by atoms with Crippen molar-refractivity contribution in [3.8, 4) is 5.75 Å². The second kappa shape index (κ2) is 9.14. The first-order chi connectivity index (χ1) is 15.4. The van der Waals surface area contributed by atoms with Gasteiger partial charge in [-0.2, -0.15) is 0 Å². The third-order valence-corrected chi connectivity index (χ3v) is 6.64. The summed E-state index contributed by atoms with van der Waals surface area (Å²) in [6.07, 6.45) is 1.64. The van der Waals surface area contributed by atoms with E-state index in [1.54, 1.807) is 36.5 Å². The van der Waals surface area contributed by atoms with Crippen molar-refractivity contribution < 1.29 is 19.4 Å². The number of hydrogen-bond acceptors (Lipinski definition) is 6. The van der Waals surface area contributed by atoms with Crippen molar-refractivity contribution in [3.63, 3.8) is 0 Å². The molecule has 1 amide bonds. The number of nitrogens with zero attached hydrogens (tertiary/aromatic N) is 2. The van der Waals surface area contributed by atoms with E-state index < -0.39 is 17.7 Å². The Kier molecular flexibility index (Phi) is 6.30. The lowest BCUT2D eigenvalue weighted by Crippen LogP contribution is -2.29. The molecule has 3 heterocycles. The average molecular weight is 469 g/mol. The van der Waals surface area contributed by atoms with E-state index in [4.69, 9.17) is 16.3 Å². The van der Waals surface area contributed by atoms with Crippen LogP contribution in [0, 0.1) is 6.92 Å². The minimum Gasteiger partial charge on any atom is -0.507 e. The van der Waals surface area contributed by atoms with Crippen LogP contribution in [0.25, 0.3) is 5.76 Å². The quantitative estimate of drug-likeness (QED) is 0.308. The topological polar surface area (TPSA) is 79.7 Å². The van der Waals surface area contributed by atoms with Gasteiger partial charge in [-0.15, -0.1) is 11.3 Å². The van der Waals surface area contributed by atoms with Gasteiger partial charge in [-0.05, 0) is 61.2 Å². The van der Waals surface area contributed by atoms with E-state index in [0.29, 0.717) is 28.6 Å². The molecule has 0 bridgehead atoms. The number of pyridine rings is 1. The number of aliphatic hydroxyl groups excluding tert-OH is 1. The van der Waals surface area contributed by atoms with Gasteiger partial charge in [0.15, 0.2) is 0 Å². The van der Waals surface area contributed by atoms with Crippen LogP contribution in [0.1, 0.15) is 34.7 Å². The maximum atomic E-state index is 13.1. The molecule has 0 aliphatic carbocycles. The van der Waals surface area contributed by atoms with E-state index >= 15 is 0 Å². The second-order valence-electron chi connectivity index (χ2n) is 7.29. The normalized spacial score (nSPS) is 17.7. The first-order valence-electron chi connectivity index (χ1n) is 10.1. The molecular formula is C24H21ClN2O4S. The van der Waals surface area contributed by atoms with Gasteiger partial charge in [0.2, 0.25) is 0 Å². The minimum atomic E-state index is -0.732. The van der Waals surface area contributed by atoms with E-state index in [9.17, 15) is 14.7 Å². The van der Waals surface area contributed by atoms with E-state index in [-0.39, 0.29) is 17.9 Å². The molecular weight excluding hydrogens is 448 g/mol. The standard InChI is InChI=1S/C24H21ClN2O4S/c1-3-31-18-12-15(7-8-17(18)25)21(28)19-20(23-14(2)9-11-32-23)27(24(30)22(19)29)13-16-6-4-5-10-26-16/h4-12,20,28H,3,13H2,1-2H3/b21-19-. The van der Waals surface area contributed by atoms with Crippen LogP contribution < -0.4 is 4.74 Å². The fourth-order valence-electron chi connectivity index (χ4n) is 3.72. The molecule has 2 aromatic heterocycles. The van der Waals surface area contributed by atoms with Crippen LogP contribution in [0.5, 0.6) is 5.75 Å². The molecule has 1 aliphatic rings. The molecule has 1 unspecified atom stereocenters. The number of ketones is 1. The Labute approximate surface area is 194 Å². The summed E-state index contributed by atoms with van der Waals surface area (Å²) >= 11 is 7.62. The summed E-state index contributed by atoms with van der Waals surface area (Å²) in [7, 11) is 0. The number of thiophene rings is 1. The number of carbonyl (C=O) groups is 2. The first kappa shape index (κ1) is 22.0. The second-order valence-corrected chi connectivity index (χ2v) is 8.65. The predicted molar refractivity (Wildman–Crippen MR) is 124 cm³/mol. The lowest BCUT2D eigenvalue weighted by atomic mass is 9.98. The molecule has 1 aromatic carbocycles. The number of rotatable bonds is 6. The van der Waals surface area contributed by atoms with Crippen molar-refractivity contribution in [2.24, 2.45) is 0 Å². The smallest absolute Gasteiger partial charge is 0.296 e. The Morgan fingerprint density at radius 2 is 2.06 bits per heavy atom. The minimum absolute atomic E-state index is 0.0428. The van der Waals surface area contributed by atoms with Crippen LogP contribution in [0.15, 0.2) is 59.6 Å². The molecule has 1 N–H and O–H groups in total. The number of aromatic nitrogens is 1. The fourth-order valence-corrected chi connectivity index (χ4v) is 4.94. The van der Waals surface area contributed by atoms with Gasteiger partial charge in [0.25, 0.3) is 11.7 Å². The van der Waals surface area contributed by atoms with E-state index in [1.807, 2.05) is 31.4 Å². The van der Waals surface area contributed by atoms with Gasteiger partial charge in [-0.3, -0.25) is 14.6 Å². The van der Waals surface area contributed by atoms with E-state index in [1.165, 1.54) is 16.2 Å². The monoisotopic (exact) mass is 468 g/mol. The molecule has 32 heavy (non-hydrogen) atoms. The van der Waals surface area contributed by atoms with E-state index in [2.05, 4.69) is 4.98 Å². The Hall–Kier alpha value is -3.16. The largest absolute Gasteiger partial charge is 0.507 e. The predicted octanol–water partition coefficient (Wildman–Crippen LogP) is 5.13. The van der Waals surface area contributed by atoms with E-state index in [0.717, 1.165) is 10.4 Å². The van der Waals surface area contributed by atoms with Crippen LogP contribution in [-0.2, 0) is 16.1 Å². The van der Waals surface area contributed by atoms with Crippen molar-refractivity contribution >= 4 is 40.4 Å². The maximum absolute atomic E-state index is 13.1. The number of benzene rings is 1. The highest BCUT2D eigenvalue weighted by atomic mass is 35.5. The van der Waals surface area contributed by atoms with Crippen LogP contribution in [-0.4, -0.2) is 33.3 Å². The van der Waals surface area contributed by atoms with Gasteiger partial charge >= 0.3 is 0 Å². The SMILES string of the molecule is CCOc1cc(/C(O)=C2/C(=O)C(=O)N(Cc3ccccn3)C2c2sccc2C)ccc1Cl. The van der Waals surface area contributed by atoms with Gasteiger partial charge in [0.05, 0.1) is 29.4 Å². The zero-order valence-electron chi connectivity index (χ0n) is 17.5. The molecule has 3 aromatic rings. The Balaban J connectivity index is 1.86. The zero-order valence-corrected chi connectivity index (χ0v) is 19.1.